The lowest BCUT2D eigenvalue weighted by atomic mass is 10.0. The van der Waals surface area contributed by atoms with Crippen molar-refractivity contribution in [1.29, 1.82) is 0 Å². The van der Waals surface area contributed by atoms with Gasteiger partial charge in [-0.25, -0.2) is 0 Å². The van der Waals surface area contributed by atoms with Crippen molar-refractivity contribution in [1.82, 2.24) is 4.90 Å². The fourth-order valence-electron chi connectivity index (χ4n) is 2.49. The van der Waals surface area contributed by atoms with E-state index in [1.165, 1.54) is 5.56 Å². The van der Waals surface area contributed by atoms with E-state index in [4.69, 9.17) is 0 Å². The summed E-state index contributed by atoms with van der Waals surface area (Å²) in [6.45, 7) is 7.71. The fourth-order valence-corrected chi connectivity index (χ4v) is 2.49. The number of amides is 1. The molecule has 0 heterocycles. The third-order valence-electron chi connectivity index (χ3n) is 4.13. The number of nitrogens with zero attached hydrogens (tertiary/aromatic N) is 2. The van der Waals surface area contributed by atoms with E-state index in [2.05, 4.69) is 48.3 Å². The second-order valence-electron chi connectivity index (χ2n) is 5.97. The number of carbonyl (C=O) groups excluding carboxylic acids is 1. The first-order valence-electron chi connectivity index (χ1n) is 8.64. The molecule has 0 radical (unpaired) electrons. The Morgan fingerprint density at radius 3 is 2.71 bits per heavy atom. The lowest BCUT2D eigenvalue weighted by Gasteiger charge is -2.23. The van der Waals surface area contributed by atoms with Gasteiger partial charge in [0.1, 0.15) is 0 Å². The van der Waals surface area contributed by atoms with Crippen molar-refractivity contribution < 1.29 is 4.79 Å². The van der Waals surface area contributed by atoms with Crippen LogP contribution in [-0.2, 0) is 11.2 Å². The highest BCUT2D eigenvalue weighted by Crippen LogP contribution is 2.11. The number of allylic oxidation sites excluding steroid dienone is 2. The predicted octanol–water partition coefficient (Wildman–Crippen LogP) is 4.77. The van der Waals surface area contributed by atoms with Gasteiger partial charge in [-0.2, -0.15) is 0 Å². The molecule has 130 valence electrons. The second-order valence-corrected chi connectivity index (χ2v) is 5.97. The Kier molecular flexibility index (Phi) is 8.77. The maximum atomic E-state index is 11.5. The SMILES string of the molecule is C/C=C/N=C(C)c1cccc(CC/C=C/C(CC)N(C)C(C)=O)c1. The normalized spacial score (nSPS) is 13.6. The molecule has 0 aliphatic heterocycles. The summed E-state index contributed by atoms with van der Waals surface area (Å²) < 4.78 is 0. The molecule has 1 aromatic rings. The summed E-state index contributed by atoms with van der Waals surface area (Å²) in [4.78, 5) is 17.6. The first kappa shape index (κ1) is 19.9. The van der Waals surface area contributed by atoms with Crippen LogP contribution in [0.15, 0.2) is 53.7 Å². The van der Waals surface area contributed by atoms with E-state index in [0.717, 1.165) is 30.5 Å². The van der Waals surface area contributed by atoms with Gasteiger partial charge in [-0.05, 0) is 50.3 Å². The molecule has 0 aliphatic carbocycles. The van der Waals surface area contributed by atoms with Crippen LogP contribution in [-0.4, -0.2) is 29.6 Å². The number of benzene rings is 1. The van der Waals surface area contributed by atoms with Crippen molar-refractivity contribution in [2.24, 2.45) is 4.99 Å². The highest BCUT2D eigenvalue weighted by Gasteiger charge is 2.10. The van der Waals surface area contributed by atoms with Crippen LogP contribution in [0.5, 0.6) is 0 Å². The number of aryl methyl sites for hydroxylation is 1. The number of carbonyl (C=O) groups is 1. The Hall–Kier alpha value is -2.16. The van der Waals surface area contributed by atoms with E-state index in [-0.39, 0.29) is 11.9 Å². The Morgan fingerprint density at radius 1 is 1.33 bits per heavy atom. The molecule has 1 rings (SSSR count). The minimum absolute atomic E-state index is 0.107. The molecular weight excluding hydrogens is 296 g/mol. The van der Waals surface area contributed by atoms with Crippen molar-refractivity contribution in [3.05, 3.63) is 59.8 Å². The monoisotopic (exact) mass is 326 g/mol. The second kappa shape index (κ2) is 10.6. The molecular formula is C21H30N2O. The molecule has 1 atom stereocenters. The molecule has 1 aromatic carbocycles. The summed E-state index contributed by atoms with van der Waals surface area (Å²) in [5, 5.41) is 0. The predicted molar refractivity (Wildman–Crippen MR) is 103 cm³/mol. The smallest absolute Gasteiger partial charge is 0.219 e. The number of hydrogen-bond donors (Lipinski definition) is 0. The highest BCUT2D eigenvalue weighted by atomic mass is 16.2. The van der Waals surface area contributed by atoms with Gasteiger partial charge in [0.05, 0.1) is 0 Å². The Bertz CT molecular complexity index is 614. The Morgan fingerprint density at radius 2 is 2.08 bits per heavy atom. The molecule has 0 aromatic heterocycles. The fraction of sp³-hybridized carbons (Fsp3) is 0.429. The quantitative estimate of drug-likeness (QED) is 0.500. The number of rotatable bonds is 8. The van der Waals surface area contributed by atoms with Gasteiger partial charge in [0.15, 0.2) is 0 Å². The van der Waals surface area contributed by atoms with Gasteiger partial charge in [0, 0.05) is 31.9 Å². The summed E-state index contributed by atoms with van der Waals surface area (Å²) >= 11 is 0. The van der Waals surface area contributed by atoms with Gasteiger partial charge < -0.3 is 4.90 Å². The third-order valence-corrected chi connectivity index (χ3v) is 4.13. The van der Waals surface area contributed by atoms with E-state index in [9.17, 15) is 4.79 Å². The van der Waals surface area contributed by atoms with Crippen LogP contribution < -0.4 is 0 Å². The summed E-state index contributed by atoms with van der Waals surface area (Å²) in [5.74, 6) is 0.107. The van der Waals surface area contributed by atoms with Crippen LogP contribution in [0.3, 0.4) is 0 Å². The Labute approximate surface area is 146 Å². The maximum absolute atomic E-state index is 11.5. The average Bonchev–Trinajstić information content (AvgIpc) is 2.59. The molecule has 0 N–H and O–H groups in total. The largest absolute Gasteiger partial charge is 0.340 e. The summed E-state index contributed by atoms with van der Waals surface area (Å²) in [7, 11) is 1.86. The van der Waals surface area contributed by atoms with Crippen LogP contribution in [0, 0.1) is 0 Å². The van der Waals surface area contributed by atoms with E-state index < -0.39 is 0 Å². The number of likely N-dealkylation sites (N-methyl/N-ethyl adjacent to an activating group) is 1. The zero-order valence-corrected chi connectivity index (χ0v) is 15.6. The van der Waals surface area contributed by atoms with Crippen molar-refractivity contribution in [3.63, 3.8) is 0 Å². The maximum Gasteiger partial charge on any atom is 0.219 e. The average molecular weight is 326 g/mol. The van der Waals surface area contributed by atoms with Gasteiger partial charge in [0.2, 0.25) is 5.91 Å². The minimum atomic E-state index is 0.107. The van der Waals surface area contributed by atoms with Crippen molar-refractivity contribution in [2.45, 2.75) is 53.0 Å². The molecule has 3 heteroatoms. The van der Waals surface area contributed by atoms with Crippen LogP contribution in [0.2, 0.25) is 0 Å². The third kappa shape index (κ3) is 6.53. The van der Waals surface area contributed by atoms with E-state index >= 15 is 0 Å². The standard InChI is InChI=1S/C21H30N2O/c1-6-15-22-17(3)20-13-10-12-19(16-20)11-8-9-14-21(7-2)23(5)18(4)24/h6,9-10,12-16,21H,7-8,11H2,1-5H3/b14-9+,15-6+,22-17?. The molecule has 0 saturated carbocycles. The van der Waals surface area contributed by atoms with E-state index in [1.807, 2.05) is 33.2 Å². The summed E-state index contributed by atoms with van der Waals surface area (Å²) in [5.41, 5.74) is 3.50. The van der Waals surface area contributed by atoms with Crippen LogP contribution in [0.1, 0.15) is 51.7 Å². The van der Waals surface area contributed by atoms with Gasteiger partial charge in [-0.15, -0.1) is 0 Å². The zero-order chi connectivity index (χ0) is 17.9. The number of hydrogen-bond acceptors (Lipinski definition) is 2. The van der Waals surface area contributed by atoms with Crippen LogP contribution >= 0.6 is 0 Å². The zero-order valence-electron chi connectivity index (χ0n) is 15.6. The van der Waals surface area contributed by atoms with Crippen molar-refractivity contribution >= 4 is 11.6 Å². The first-order valence-corrected chi connectivity index (χ1v) is 8.64. The Balaban J connectivity index is 2.65. The van der Waals surface area contributed by atoms with E-state index in [1.54, 1.807) is 11.8 Å². The first-order chi connectivity index (χ1) is 11.5. The molecule has 0 aliphatic rings. The van der Waals surface area contributed by atoms with Crippen LogP contribution in [0.25, 0.3) is 0 Å². The van der Waals surface area contributed by atoms with Gasteiger partial charge in [0.25, 0.3) is 0 Å². The lowest BCUT2D eigenvalue weighted by Crippen LogP contribution is -2.33. The molecule has 0 spiro atoms. The minimum Gasteiger partial charge on any atom is -0.340 e. The highest BCUT2D eigenvalue weighted by molar-refractivity contribution is 5.99. The van der Waals surface area contributed by atoms with Crippen molar-refractivity contribution in [2.75, 3.05) is 7.05 Å². The molecule has 24 heavy (non-hydrogen) atoms. The molecule has 3 nitrogen and oxygen atoms in total. The molecule has 0 saturated heterocycles. The summed E-state index contributed by atoms with van der Waals surface area (Å²) in [6, 6.07) is 8.72. The van der Waals surface area contributed by atoms with Gasteiger partial charge in [-0.1, -0.05) is 43.4 Å². The van der Waals surface area contributed by atoms with E-state index in [0.29, 0.717) is 0 Å². The topological polar surface area (TPSA) is 32.7 Å². The number of aliphatic imine (C=N–C) groups is 1. The van der Waals surface area contributed by atoms with Crippen LogP contribution in [0.4, 0.5) is 0 Å². The van der Waals surface area contributed by atoms with Crippen molar-refractivity contribution in [3.8, 4) is 0 Å². The molecule has 1 amide bonds. The lowest BCUT2D eigenvalue weighted by molar-refractivity contribution is -0.128. The molecule has 0 fully saturated rings. The molecule has 0 bridgehead atoms. The van der Waals surface area contributed by atoms with Gasteiger partial charge in [-0.3, -0.25) is 9.79 Å². The molecule has 1 unspecified atom stereocenters. The summed E-state index contributed by atoms with van der Waals surface area (Å²) in [6.07, 6.45) is 11.0. The van der Waals surface area contributed by atoms with Gasteiger partial charge >= 0.3 is 0 Å².